The standard InChI is InChI=1S/C18H25N5O2/c1-4-6-7-14-8-10-15(11-9-14)22-18-16(23(24)25)17(19-12-20-18)21-13(3)5-2/h8-13H,4-7H2,1-3H3,(H2,19,20,21,22). The highest BCUT2D eigenvalue weighted by atomic mass is 16.6. The van der Waals surface area contributed by atoms with Crippen molar-refractivity contribution in [2.24, 2.45) is 0 Å². The Morgan fingerprint density at radius 2 is 1.84 bits per heavy atom. The molecule has 1 aromatic carbocycles. The summed E-state index contributed by atoms with van der Waals surface area (Å²) in [6.07, 6.45) is 5.50. The van der Waals surface area contributed by atoms with Crippen LogP contribution in [-0.2, 0) is 6.42 Å². The summed E-state index contributed by atoms with van der Waals surface area (Å²) in [4.78, 5) is 19.2. The fourth-order valence-electron chi connectivity index (χ4n) is 2.36. The van der Waals surface area contributed by atoms with E-state index in [9.17, 15) is 10.1 Å². The summed E-state index contributed by atoms with van der Waals surface area (Å²) in [6.45, 7) is 6.12. The number of hydrogen-bond acceptors (Lipinski definition) is 6. The molecule has 2 rings (SSSR count). The molecule has 0 aliphatic rings. The minimum absolute atomic E-state index is 0.0827. The molecule has 2 N–H and O–H groups in total. The van der Waals surface area contributed by atoms with Crippen molar-refractivity contribution < 1.29 is 4.92 Å². The van der Waals surface area contributed by atoms with Gasteiger partial charge in [-0.15, -0.1) is 0 Å². The number of benzene rings is 1. The van der Waals surface area contributed by atoms with Crippen molar-refractivity contribution in [1.82, 2.24) is 9.97 Å². The maximum absolute atomic E-state index is 11.5. The van der Waals surface area contributed by atoms with Crippen LogP contribution in [0.2, 0.25) is 0 Å². The van der Waals surface area contributed by atoms with Crippen LogP contribution in [0.4, 0.5) is 23.0 Å². The van der Waals surface area contributed by atoms with Crippen LogP contribution in [0, 0.1) is 10.1 Å². The lowest BCUT2D eigenvalue weighted by Crippen LogP contribution is -2.16. The van der Waals surface area contributed by atoms with Gasteiger partial charge >= 0.3 is 5.69 Å². The predicted molar refractivity (Wildman–Crippen MR) is 100 cm³/mol. The Hall–Kier alpha value is -2.70. The molecular weight excluding hydrogens is 318 g/mol. The summed E-state index contributed by atoms with van der Waals surface area (Å²) >= 11 is 0. The van der Waals surface area contributed by atoms with Crippen LogP contribution in [0.5, 0.6) is 0 Å². The fraction of sp³-hybridized carbons (Fsp3) is 0.444. The third kappa shape index (κ3) is 5.14. The molecule has 7 heteroatoms. The van der Waals surface area contributed by atoms with E-state index in [-0.39, 0.29) is 23.4 Å². The molecule has 0 fully saturated rings. The molecule has 1 atom stereocenters. The number of anilines is 3. The van der Waals surface area contributed by atoms with Crippen molar-refractivity contribution in [2.75, 3.05) is 10.6 Å². The van der Waals surface area contributed by atoms with Crippen molar-refractivity contribution in [2.45, 2.75) is 52.5 Å². The topological polar surface area (TPSA) is 93.0 Å². The molecule has 0 spiro atoms. The lowest BCUT2D eigenvalue weighted by atomic mass is 10.1. The van der Waals surface area contributed by atoms with Gasteiger partial charge in [-0.1, -0.05) is 32.4 Å². The van der Waals surface area contributed by atoms with Crippen LogP contribution < -0.4 is 10.6 Å². The molecule has 0 radical (unpaired) electrons. The minimum atomic E-state index is -0.456. The van der Waals surface area contributed by atoms with Crippen molar-refractivity contribution in [1.29, 1.82) is 0 Å². The summed E-state index contributed by atoms with van der Waals surface area (Å²) < 4.78 is 0. The summed E-state index contributed by atoms with van der Waals surface area (Å²) in [5, 5.41) is 17.6. The predicted octanol–water partition coefficient (Wildman–Crippen LogP) is 4.68. The van der Waals surface area contributed by atoms with E-state index >= 15 is 0 Å². The summed E-state index contributed by atoms with van der Waals surface area (Å²) in [5.41, 5.74) is 1.87. The third-order valence-electron chi connectivity index (χ3n) is 4.04. The number of nitrogens with one attached hydrogen (secondary N) is 2. The molecule has 0 amide bonds. The van der Waals surface area contributed by atoms with Gasteiger partial charge in [-0.25, -0.2) is 9.97 Å². The van der Waals surface area contributed by atoms with Crippen LogP contribution in [0.3, 0.4) is 0 Å². The smallest absolute Gasteiger partial charge is 0.353 e. The van der Waals surface area contributed by atoms with Crippen LogP contribution in [0.1, 0.15) is 45.6 Å². The zero-order valence-corrected chi connectivity index (χ0v) is 15.0. The highest BCUT2D eigenvalue weighted by Gasteiger charge is 2.23. The zero-order valence-electron chi connectivity index (χ0n) is 15.0. The Morgan fingerprint density at radius 3 is 2.44 bits per heavy atom. The number of unbranched alkanes of at least 4 members (excludes halogenated alkanes) is 1. The highest BCUT2D eigenvalue weighted by molar-refractivity contribution is 5.73. The van der Waals surface area contributed by atoms with Crippen molar-refractivity contribution in [3.8, 4) is 0 Å². The average Bonchev–Trinajstić information content (AvgIpc) is 2.61. The van der Waals surface area contributed by atoms with Crippen LogP contribution in [0.15, 0.2) is 30.6 Å². The number of nitro groups is 1. The molecule has 0 aliphatic heterocycles. The first kappa shape index (κ1) is 18.6. The van der Waals surface area contributed by atoms with E-state index in [1.807, 2.05) is 38.1 Å². The number of hydrogen-bond donors (Lipinski definition) is 2. The molecule has 0 bridgehead atoms. The zero-order chi connectivity index (χ0) is 18.2. The molecule has 0 saturated heterocycles. The molecule has 25 heavy (non-hydrogen) atoms. The molecule has 7 nitrogen and oxygen atoms in total. The van der Waals surface area contributed by atoms with Gasteiger partial charge in [0.05, 0.1) is 4.92 Å². The van der Waals surface area contributed by atoms with Gasteiger partial charge < -0.3 is 10.6 Å². The van der Waals surface area contributed by atoms with Gasteiger partial charge in [0.2, 0.25) is 11.6 Å². The molecule has 1 aromatic heterocycles. The van der Waals surface area contributed by atoms with E-state index < -0.39 is 4.92 Å². The molecule has 0 aliphatic carbocycles. The molecule has 1 heterocycles. The summed E-state index contributed by atoms with van der Waals surface area (Å²) in [5.74, 6) is 0.420. The first-order valence-corrected chi connectivity index (χ1v) is 8.67. The van der Waals surface area contributed by atoms with Gasteiger partial charge in [0, 0.05) is 11.7 Å². The van der Waals surface area contributed by atoms with E-state index in [0.29, 0.717) is 0 Å². The van der Waals surface area contributed by atoms with E-state index in [1.54, 1.807) is 0 Å². The van der Waals surface area contributed by atoms with Gasteiger partial charge in [0.25, 0.3) is 0 Å². The van der Waals surface area contributed by atoms with Gasteiger partial charge in [-0.3, -0.25) is 10.1 Å². The Bertz CT molecular complexity index is 703. The van der Waals surface area contributed by atoms with Crippen molar-refractivity contribution in [3.05, 3.63) is 46.3 Å². The number of aromatic nitrogens is 2. The molecule has 0 saturated carbocycles. The largest absolute Gasteiger partial charge is 0.362 e. The average molecular weight is 343 g/mol. The van der Waals surface area contributed by atoms with Gasteiger partial charge in [-0.05, 0) is 43.9 Å². The van der Waals surface area contributed by atoms with Crippen LogP contribution in [-0.4, -0.2) is 20.9 Å². The Balaban J connectivity index is 2.23. The van der Waals surface area contributed by atoms with Crippen LogP contribution >= 0.6 is 0 Å². The lowest BCUT2D eigenvalue weighted by molar-refractivity contribution is -0.383. The molecule has 2 aromatic rings. The SMILES string of the molecule is CCCCc1ccc(Nc2ncnc(NC(C)CC)c2[N+](=O)[O-])cc1. The Morgan fingerprint density at radius 1 is 1.16 bits per heavy atom. The third-order valence-corrected chi connectivity index (χ3v) is 4.04. The first-order chi connectivity index (χ1) is 12.0. The second-order valence-electron chi connectivity index (χ2n) is 6.06. The molecule has 1 unspecified atom stereocenters. The fourth-order valence-corrected chi connectivity index (χ4v) is 2.36. The normalized spacial score (nSPS) is 11.8. The quantitative estimate of drug-likeness (QED) is 0.507. The monoisotopic (exact) mass is 343 g/mol. The number of aryl methyl sites for hydroxylation is 1. The number of nitrogens with zero attached hydrogens (tertiary/aromatic N) is 3. The second kappa shape index (κ2) is 8.96. The van der Waals surface area contributed by atoms with E-state index in [1.165, 1.54) is 11.9 Å². The van der Waals surface area contributed by atoms with Crippen LogP contribution in [0.25, 0.3) is 0 Å². The minimum Gasteiger partial charge on any atom is -0.362 e. The Kier molecular flexibility index (Phi) is 6.68. The maximum Gasteiger partial charge on any atom is 0.353 e. The van der Waals surface area contributed by atoms with Crippen molar-refractivity contribution in [3.63, 3.8) is 0 Å². The van der Waals surface area contributed by atoms with Gasteiger partial charge in [0.1, 0.15) is 6.33 Å². The molecule has 134 valence electrons. The lowest BCUT2D eigenvalue weighted by Gasteiger charge is -2.13. The summed E-state index contributed by atoms with van der Waals surface area (Å²) in [7, 11) is 0. The van der Waals surface area contributed by atoms with E-state index in [4.69, 9.17) is 0 Å². The van der Waals surface area contributed by atoms with E-state index in [0.717, 1.165) is 31.4 Å². The first-order valence-electron chi connectivity index (χ1n) is 8.67. The maximum atomic E-state index is 11.5. The van der Waals surface area contributed by atoms with E-state index in [2.05, 4.69) is 27.5 Å². The van der Waals surface area contributed by atoms with Gasteiger partial charge in [0.15, 0.2) is 0 Å². The van der Waals surface area contributed by atoms with Crippen molar-refractivity contribution >= 4 is 23.0 Å². The summed E-state index contributed by atoms with van der Waals surface area (Å²) in [6, 6.07) is 7.98. The highest BCUT2D eigenvalue weighted by Crippen LogP contribution is 2.31. The number of rotatable bonds is 9. The van der Waals surface area contributed by atoms with Gasteiger partial charge in [-0.2, -0.15) is 0 Å². The second-order valence-corrected chi connectivity index (χ2v) is 6.06. The Labute approximate surface area is 148 Å². The molecular formula is C18H25N5O2.